The molecular weight excluding hydrogens is 364 g/mol. The first-order valence-electron chi connectivity index (χ1n) is 10.1. The molecule has 1 aromatic carbocycles. The van der Waals surface area contributed by atoms with E-state index in [-0.39, 0.29) is 16.7 Å². The van der Waals surface area contributed by atoms with E-state index in [2.05, 4.69) is 5.32 Å². The SMILES string of the molecule is CCOc1ccc(S(=O)(=O)N2CCCCC2)cc1NC(=O)C1CCCCC1. The Morgan fingerprint density at radius 3 is 2.44 bits per heavy atom. The van der Waals surface area contributed by atoms with Crippen LogP contribution in [0, 0.1) is 5.92 Å². The summed E-state index contributed by atoms with van der Waals surface area (Å²) in [4.78, 5) is 12.9. The number of anilines is 1. The van der Waals surface area contributed by atoms with Crippen LogP contribution < -0.4 is 10.1 Å². The standard InChI is InChI=1S/C20H30N2O4S/c1-2-26-19-12-11-17(27(24,25)22-13-7-4-8-14-22)15-18(19)21-20(23)16-9-5-3-6-10-16/h11-12,15-16H,2-10,13-14H2,1H3,(H,21,23). The predicted octanol–water partition coefficient (Wildman–Crippen LogP) is 3.78. The van der Waals surface area contributed by atoms with Gasteiger partial charge in [-0.25, -0.2) is 8.42 Å². The van der Waals surface area contributed by atoms with Gasteiger partial charge in [0.15, 0.2) is 0 Å². The van der Waals surface area contributed by atoms with Gasteiger partial charge in [0.05, 0.1) is 17.2 Å². The van der Waals surface area contributed by atoms with Crippen LogP contribution in [0.5, 0.6) is 5.75 Å². The second-order valence-corrected chi connectivity index (χ2v) is 9.32. The van der Waals surface area contributed by atoms with E-state index in [1.165, 1.54) is 6.42 Å². The van der Waals surface area contributed by atoms with Crippen LogP contribution >= 0.6 is 0 Å². The van der Waals surface area contributed by atoms with Crippen molar-refractivity contribution in [1.82, 2.24) is 4.31 Å². The summed E-state index contributed by atoms with van der Waals surface area (Å²) < 4.78 is 33.1. The van der Waals surface area contributed by atoms with Gasteiger partial charge in [0.2, 0.25) is 15.9 Å². The Hall–Kier alpha value is -1.60. The van der Waals surface area contributed by atoms with E-state index < -0.39 is 10.0 Å². The van der Waals surface area contributed by atoms with Crippen molar-refractivity contribution in [2.45, 2.75) is 63.2 Å². The van der Waals surface area contributed by atoms with Gasteiger partial charge in [-0.1, -0.05) is 25.7 Å². The molecule has 0 radical (unpaired) electrons. The molecule has 0 atom stereocenters. The minimum atomic E-state index is -3.55. The van der Waals surface area contributed by atoms with Gasteiger partial charge >= 0.3 is 0 Å². The number of carbonyl (C=O) groups excluding carboxylic acids is 1. The average molecular weight is 395 g/mol. The Bertz CT molecular complexity index is 751. The molecule has 1 heterocycles. The third kappa shape index (κ3) is 4.82. The van der Waals surface area contributed by atoms with Gasteiger partial charge in [-0.05, 0) is 50.8 Å². The fourth-order valence-electron chi connectivity index (χ4n) is 3.90. The lowest BCUT2D eigenvalue weighted by atomic mass is 9.88. The normalized spacial score (nSPS) is 19.6. The van der Waals surface area contributed by atoms with Crippen molar-refractivity contribution in [2.75, 3.05) is 25.0 Å². The van der Waals surface area contributed by atoms with Crippen LogP contribution in [0.15, 0.2) is 23.1 Å². The van der Waals surface area contributed by atoms with Crippen molar-refractivity contribution < 1.29 is 17.9 Å². The van der Waals surface area contributed by atoms with Crippen molar-refractivity contribution in [3.05, 3.63) is 18.2 Å². The summed E-state index contributed by atoms with van der Waals surface area (Å²) in [7, 11) is -3.55. The zero-order chi connectivity index (χ0) is 19.3. The Morgan fingerprint density at radius 1 is 1.11 bits per heavy atom. The predicted molar refractivity (Wildman–Crippen MR) is 105 cm³/mol. The number of benzene rings is 1. The highest BCUT2D eigenvalue weighted by molar-refractivity contribution is 7.89. The van der Waals surface area contributed by atoms with Gasteiger partial charge in [0.1, 0.15) is 5.75 Å². The minimum Gasteiger partial charge on any atom is -0.492 e. The van der Waals surface area contributed by atoms with E-state index in [0.29, 0.717) is 31.1 Å². The van der Waals surface area contributed by atoms with E-state index in [1.54, 1.807) is 22.5 Å². The molecule has 0 bridgehead atoms. The molecule has 1 aliphatic heterocycles. The van der Waals surface area contributed by atoms with Gasteiger partial charge < -0.3 is 10.1 Å². The van der Waals surface area contributed by atoms with Crippen molar-refractivity contribution in [3.63, 3.8) is 0 Å². The van der Waals surface area contributed by atoms with Gasteiger partial charge in [-0.2, -0.15) is 4.31 Å². The van der Waals surface area contributed by atoms with Crippen molar-refractivity contribution in [3.8, 4) is 5.75 Å². The lowest BCUT2D eigenvalue weighted by Crippen LogP contribution is -2.35. The fourth-order valence-corrected chi connectivity index (χ4v) is 5.45. The molecule has 0 unspecified atom stereocenters. The summed E-state index contributed by atoms with van der Waals surface area (Å²) in [5.74, 6) is 0.470. The first kappa shape index (κ1) is 20.1. The fraction of sp³-hybridized carbons (Fsp3) is 0.650. The average Bonchev–Trinajstić information content (AvgIpc) is 2.70. The Balaban J connectivity index is 1.84. The van der Waals surface area contributed by atoms with Gasteiger partial charge in [0, 0.05) is 19.0 Å². The molecule has 27 heavy (non-hydrogen) atoms. The van der Waals surface area contributed by atoms with Crippen LogP contribution in [0.2, 0.25) is 0 Å². The summed E-state index contributed by atoms with van der Waals surface area (Å²) in [6.07, 6.45) is 7.95. The molecule has 1 N–H and O–H groups in total. The number of sulfonamides is 1. The van der Waals surface area contributed by atoms with Crippen LogP contribution in [0.25, 0.3) is 0 Å². The third-order valence-electron chi connectivity index (χ3n) is 5.44. The van der Waals surface area contributed by atoms with Gasteiger partial charge in [0.25, 0.3) is 0 Å². The van der Waals surface area contributed by atoms with E-state index in [1.807, 2.05) is 6.92 Å². The molecule has 7 heteroatoms. The summed E-state index contributed by atoms with van der Waals surface area (Å²) in [6, 6.07) is 4.78. The minimum absolute atomic E-state index is 0.00409. The second kappa shape index (κ2) is 9.06. The number of nitrogens with one attached hydrogen (secondary N) is 1. The number of carbonyl (C=O) groups is 1. The molecule has 0 aromatic heterocycles. The Morgan fingerprint density at radius 2 is 1.78 bits per heavy atom. The highest BCUT2D eigenvalue weighted by Gasteiger charge is 2.28. The van der Waals surface area contributed by atoms with Crippen LogP contribution in [-0.2, 0) is 14.8 Å². The van der Waals surface area contributed by atoms with Crippen LogP contribution in [0.4, 0.5) is 5.69 Å². The maximum Gasteiger partial charge on any atom is 0.243 e. The van der Waals surface area contributed by atoms with E-state index in [0.717, 1.165) is 44.9 Å². The molecule has 0 spiro atoms. The first-order valence-corrected chi connectivity index (χ1v) is 11.5. The van der Waals surface area contributed by atoms with Crippen molar-refractivity contribution in [2.24, 2.45) is 5.92 Å². The topological polar surface area (TPSA) is 75.7 Å². The van der Waals surface area contributed by atoms with Crippen molar-refractivity contribution in [1.29, 1.82) is 0 Å². The summed E-state index contributed by atoms with van der Waals surface area (Å²) in [5.41, 5.74) is 0.450. The second-order valence-electron chi connectivity index (χ2n) is 7.38. The molecular formula is C20H30N2O4S. The van der Waals surface area contributed by atoms with E-state index >= 15 is 0 Å². The first-order chi connectivity index (χ1) is 13.0. The molecule has 2 fully saturated rings. The Labute approximate surface area is 162 Å². The zero-order valence-corrected chi connectivity index (χ0v) is 16.9. The molecule has 1 saturated carbocycles. The largest absolute Gasteiger partial charge is 0.492 e. The van der Waals surface area contributed by atoms with E-state index in [9.17, 15) is 13.2 Å². The smallest absolute Gasteiger partial charge is 0.243 e. The molecule has 1 aromatic rings. The number of hydrogen-bond donors (Lipinski definition) is 1. The maximum absolute atomic E-state index is 13.0. The molecule has 6 nitrogen and oxygen atoms in total. The molecule has 1 aliphatic carbocycles. The number of amides is 1. The summed E-state index contributed by atoms with van der Waals surface area (Å²) >= 11 is 0. The molecule has 150 valence electrons. The highest BCUT2D eigenvalue weighted by Crippen LogP contribution is 2.32. The number of rotatable bonds is 6. The van der Waals surface area contributed by atoms with E-state index in [4.69, 9.17) is 4.74 Å². The molecule has 1 amide bonds. The Kier molecular flexibility index (Phi) is 6.76. The molecule has 3 rings (SSSR count). The highest BCUT2D eigenvalue weighted by atomic mass is 32.2. The quantitative estimate of drug-likeness (QED) is 0.797. The lowest BCUT2D eigenvalue weighted by molar-refractivity contribution is -0.120. The van der Waals surface area contributed by atoms with Crippen LogP contribution in [0.3, 0.4) is 0 Å². The number of piperidine rings is 1. The van der Waals surface area contributed by atoms with Gasteiger partial charge in [-0.3, -0.25) is 4.79 Å². The van der Waals surface area contributed by atoms with Crippen LogP contribution in [0.1, 0.15) is 58.3 Å². The number of hydrogen-bond acceptors (Lipinski definition) is 4. The molecule has 2 aliphatic rings. The summed E-state index contributed by atoms with van der Waals surface area (Å²) in [5, 5.41) is 2.93. The lowest BCUT2D eigenvalue weighted by Gasteiger charge is -2.26. The van der Waals surface area contributed by atoms with Crippen molar-refractivity contribution >= 4 is 21.6 Å². The zero-order valence-electron chi connectivity index (χ0n) is 16.1. The maximum atomic E-state index is 13.0. The monoisotopic (exact) mass is 394 g/mol. The molecule has 1 saturated heterocycles. The number of nitrogens with zero attached hydrogens (tertiary/aromatic N) is 1. The third-order valence-corrected chi connectivity index (χ3v) is 7.33. The van der Waals surface area contributed by atoms with Crippen LogP contribution in [-0.4, -0.2) is 38.3 Å². The van der Waals surface area contributed by atoms with Gasteiger partial charge in [-0.15, -0.1) is 0 Å². The number of ether oxygens (including phenoxy) is 1. The summed E-state index contributed by atoms with van der Waals surface area (Å²) in [6.45, 7) is 3.42.